The highest BCUT2D eigenvalue weighted by molar-refractivity contribution is 6.29. The van der Waals surface area contributed by atoms with Gasteiger partial charge in [0.1, 0.15) is 11.8 Å². The Kier molecular flexibility index (Phi) is 5.09. The van der Waals surface area contributed by atoms with E-state index in [-0.39, 0.29) is 12.6 Å². The Labute approximate surface area is 122 Å². The molecule has 0 aliphatic rings. The van der Waals surface area contributed by atoms with Crippen LogP contribution in [0.5, 0.6) is 0 Å². The molecular weight excluding hydrogens is 278 g/mol. The Morgan fingerprint density at radius 2 is 1.80 bits per heavy atom. The van der Waals surface area contributed by atoms with Crippen LogP contribution in [-0.2, 0) is 22.7 Å². The van der Waals surface area contributed by atoms with Crippen LogP contribution in [0.3, 0.4) is 0 Å². The fourth-order valence-corrected chi connectivity index (χ4v) is 1.74. The molecule has 0 saturated heterocycles. The van der Waals surface area contributed by atoms with Crippen LogP contribution < -0.4 is 0 Å². The van der Waals surface area contributed by atoms with Crippen LogP contribution in [-0.4, -0.2) is 18.1 Å². The molecule has 0 unspecified atom stereocenters. The maximum Gasteiger partial charge on any atom is 0.338 e. The molecule has 0 spiro atoms. The van der Waals surface area contributed by atoms with Crippen LogP contribution in [0.4, 0.5) is 0 Å². The van der Waals surface area contributed by atoms with Crippen LogP contribution in [0.2, 0.25) is 5.15 Å². The third-order valence-electron chi connectivity index (χ3n) is 2.66. The second-order valence-corrected chi connectivity index (χ2v) is 4.58. The van der Waals surface area contributed by atoms with E-state index in [0.29, 0.717) is 17.3 Å². The third kappa shape index (κ3) is 4.05. The lowest BCUT2D eigenvalue weighted by Gasteiger charge is -2.06. The molecule has 4 nitrogen and oxygen atoms in total. The quantitative estimate of drug-likeness (QED) is 0.627. The van der Waals surface area contributed by atoms with Crippen molar-refractivity contribution in [3.8, 4) is 0 Å². The number of carbonyl (C=O) groups excluding carboxylic acids is 1. The predicted octanol–water partition coefficient (Wildman–Crippen LogP) is 3.24. The molecule has 5 heteroatoms. The van der Waals surface area contributed by atoms with E-state index in [0.717, 1.165) is 11.1 Å². The monoisotopic (exact) mass is 291 g/mol. The Hall–Kier alpha value is -1.91. The van der Waals surface area contributed by atoms with E-state index in [9.17, 15) is 4.79 Å². The Morgan fingerprint density at radius 3 is 2.40 bits per heavy atom. The number of aromatic nitrogens is 1. The van der Waals surface area contributed by atoms with E-state index >= 15 is 0 Å². The van der Waals surface area contributed by atoms with Crippen molar-refractivity contribution < 1.29 is 14.3 Å². The van der Waals surface area contributed by atoms with Gasteiger partial charge >= 0.3 is 5.97 Å². The first kappa shape index (κ1) is 14.5. The Bertz CT molecular complexity index is 567. The van der Waals surface area contributed by atoms with Gasteiger partial charge in [0, 0.05) is 18.9 Å². The summed E-state index contributed by atoms with van der Waals surface area (Å²) in [6, 6.07) is 10.5. The molecule has 1 aromatic carbocycles. The first-order valence-corrected chi connectivity index (χ1v) is 6.42. The number of hydrogen-bond donors (Lipinski definition) is 0. The van der Waals surface area contributed by atoms with Gasteiger partial charge in [0.15, 0.2) is 0 Å². The van der Waals surface area contributed by atoms with Crippen molar-refractivity contribution >= 4 is 17.6 Å². The van der Waals surface area contributed by atoms with Crippen molar-refractivity contribution in [1.29, 1.82) is 0 Å². The van der Waals surface area contributed by atoms with Crippen LogP contribution in [0.25, 0.3) is 0 Å². The van der Waals surface area contributed by atoms with Crippen molar-refractivity contribution in [3.05, 3.63) is 64.4 Å². The summed E-state index contributed by atoms with van der Waals surface area (Å²) in [4.78, 5) is 15.8. The van der Waals surface area contributed by atoms with Crippen LogP contribution in [0, 0.1) is 0 Å². The maximum atomic E-state index is 11.9. The van der Waals surface area contributed by atoms with Gasteiger partial charge in [0.25, 0.3) is 0 Å². The number of pyridine rings is 1. The van der Waals surface area contributed by atoms with Crippen molar-refractivity contribution in [2.45, 2.75) is 13.2 Å². The summed E-state index contributed by atoms with van der Waals surface area (Å²) in [5.41, 5.74) is 2.30. The second-order valence-electron chi connectivity index (χ2n) is 4.20. The summed E-state index contributed by atoms with van der Waals surface area (Å²) >= 11 is 5.68. The van der Waals surface area contributed by atoms with Crippen molar-refractivity contribution in [2.75, 3.05) is 7.11 Å². The molecule has 0 fully saturated rings. The first-order chi connectivity index (χ1) is 9.69. The minimum atomic E-state index is -0.371. The predicted molar refractivity (Wildman–Crippen MR) is 75.5 cm³/mol. The summed E-state index contributed by atoms with van der Waals surface area (Å²) in [5.74, 6) is -0.371. The molecule has 1 heterocycles. The molecule has 0 bridgehead atoms. The summed E-state index contributed by atoms with van der Waals surface area (Å²) in [6.07, 6.45) is 1.58. The number of carbonyl (C=O) groups is 1. The third-order valence-corrected chi connectivity index (χ3v) is 2.88. The summed E-state index contributed by atoms with van der Waals surface area (Å²) in [6.45, 7) is 0.689. The smallest absolute Gasteiger partial charge is 0.338 e. The second kappa shape index (κ2) is 7.03. The Balaban J connectivity index is 1.92. The summed E-state index contributed by atoms with van der Waals surface area (Å²) in [7, 11) is 1.63. The molecule has 20 heavy (non-hydrogen) atoms. The molecule has 1 aromatic heterocycles. The molecule has 0 aliphatic carbocycles. The van der Waals surface area contributed by atoms with Gasteiger partial charge in [-0.2, -0.15) is 0 Å². The van der Waals surface area contributed by atoms with E-state index in [2.05, 4.69) is 4.98 Å². The van der Waals surface area contributed by atoms with Crippen LogP contribution in [0.15, 0.2) is 42.6 Å². The SMILES string of the molecule is COCc1ccc(C(=O)OCc2ccc(Cl)nc2)cc1. The van der Waals surface area contributed by atoms with E-state index in [1.807, 2.05) is 12.1 Å². The van der Waals surface area contributed by atoms with E-state index in [1.54, 1.807) is 37.6 Å². The van der Waals surface area contributed by atoms with Gasteiger partial charge in [0.2, 0.25) is 0 Å². The lowest BCUT2D eigenvalue weighted by atomic mass is 10.1. The van der Waals surface area contributed by atoms with Crippen molar-refractivity contribution in [3.63, 3.8) is 0 Å². The van der Waals surface area contributed by atoms with Gasteiger partial charge in [-0.05, 0) is 23.8 Å². The van der Waals surface area contributed by atoms with Crippen LogP contribution in [0.1, 0.15) is 21.5 Å². The molecular formula is C15H14ClNO3. The van der Waals surface area contributed by atoms with E-state index in [4.69, 9.17) is 21.1 Å². The molecule has 0 radical (unpaired) electrons. The van der Waals surface area contributed by atoms with Gasteiger partial charge < -0.3 is 9.47 Å². The molecule has 2 rings (SSSR count). The standard InChI is InChI=1S/C15H14ClNO3/c1-19-9-11-2-5-13(6-3-11)15(18)20-10-12-4-7-14(16)17-8-12/h2-8H,9-10H2,1H3. The maximum absolute atomic E-state index is 11.9. The van der Waals surface area contributed by atoms with Gasteiger partial charge in [-0.15, -0.1) is 0 Å². The van der Waals surface area contributed by atoms with Crippen molar-refractivity contribution in [1.82, 2.24) is 4.98 Å². The largest absolute Gasteiger partial charge is 0.457 e. The molecule has 0 amide bonds. The fraction of sp³-hybridized carbons (Fsp3) is 0.200. The number of nitrogens with zero attached hydrogens (tertiary/aromatic N) is 1. The highest BCUT2D eigenvalue weighted by Gasteiger charge is 2.07. The number of halogens is 1. The average molecular weight is 292 g/mol. The first-order valence-electron chi connectivity index (χ1n) is 6.04. The van der Waals surface area contributed by atoms with Crippen molar-refractivity contribution in [2.24, 2.45) is 0 Å². The highest BCUT2D eigenvalue weighted by Crippen LogP contribution is 2.10. The van der Waals surface area contributed by atoms with Gasteiger partial charge in [-0.1, -0.05) is 29.8 Å². The molecule has 0 atom stereocenters. The van der Waals surface area contributed by atoms with Crippen LogP contribution >= 0.6 is 11.6 Å². The fourth-order valence-electron chi connectivity index (χ4n) is 1.63. The minimum absolute atomic E-state index is 0.169. The zero-order valence-electron chi connectivity index (χ0n) is 11.0. The summed E-state index contributed by atoms with van der Waals surface area (Å²) in [5, 5.41) is 0.411. The number of hydrogen-bond acceptors (Lipinski definition) is 4. The summed E-state index contributed by atoms with van der Waals surface area (Å²) < 4.78 is 10.2. The Morgan fingerprint density at radius 1 is 1.10 bits per heavy atom. The molecule has 0 saturated carbocycles. The van der Waals surface area contributed by atoms with Gasteiger partial charge in [0.05, 0.1) is 12.2 Å². The highest BCUT2D eigenvalue weighted by atomic mass is 35.5. The van der Waals surface area contributed by atoms with Gasteiger partial charge in [-0.3, -0.25) is 0 Å². The number of ether oxygens (including phenoxy) is 2. The lowest BCUT2D eigenvalue weighted by molar-refractivity contribution is 0.0472. The average Bonchev–Trinajstić information content (AvgIpc) is 2.47. The molecule has 0 N–H and O–H groups in total. The number of rotatable bonds is 5. The molecule has 104 valence electrons. The number of benzene rings is 1. The van der Waals surface area contributed by atoms with E-state index < -0.39 is 0 Å². The normalized spacial score (nSPS) is 10.3. The zero-order valence-corrected chi connectivity index (χ0v) is 11.8. The zero-order chi connectivity index (χ0) is 14.4. The van der Waals surface area contributed by atoms with Gasteiger partial charge in [-0.25, -0.2) is 9.78 Å². The molecule has 2 aromatic rings. The topological polar surface area (TPSA) is 48.4 Å². The minimum Gasteiger partial charge on any atom is -0.457 e. The lowest BCUT2D eigenvalue weighted by Crippen LogP contribution is -2.05. The van der Waals surface area contributed by atoms with E-state index in [1.165, 1.54) is 0 Å². The number of esters is 1. The number of methoxy groups -OCH3 is 1. The molecule has 0 aliphatic heterocycles.